The van der Waals surface area contributed by atoms with Gasteiger partial charge >= 0.3 is 0 Å². The molecule has 31 heavy (non-hydrogen) atoms. The lowest BCUT2D eigenvalue weighted by molar-refractivity contribution is -0.131. The molecule has 8 nitrogen and oxygen atoms in total. The third kappa shape index (κ3) is 4.32. The number of methoxy groups -OCH3 is 1. The molecule has 0 radical (unpaired) electrons. The molecule has 0 atom stereocenters. The average Bonchev–Trinajstić information content (AvgIpc) is 3.22. The number of piperazine rings is 1. The Hall–Kier alpha value is -2.81. The standard InChI is InChI=1S/C22H28N6O2S/c1-15-17(16(2)28-21(23-15)24-22(25-28)31-4)9-10-20(29)27-13-11-26(12-14-27)18-7-5-6-8-19(18)30-3/h5-8H,9-14H2,1-4H3. The van der Waals surface area contributed by atoms with Gasteiger partial charge in [0.1, 0.15) is 5.75 Å². The maximum Gasteiger partial charge on any atom is 0.253 e. The molecular weight excluding hydrogens is 412 g/mol. The number of rotatable bonds is 6. The van der Waals surface area contributed by atoms with Crippen LogP contribution < -0.4 is 9.64 Å². The number of benzene rings is 1. The molecule has 0 unspecified atom stereocenters. The summed E-state index contributed by atoms with van der Waals surface area (Å²) in [5.74, 6) is 1.66. The summed E-state index contributed by atoms with van der Waals surface area (Å²) >= 11 is 1.50. The molecule has 0 aliphatic carbocycles. The first-order valence-electron chi connectivity index (χ1n) is 10.4. The van der Waals surface area contributed by atoms with Crippen LogP contribution in [-0.4, -0.2) is 69.9 Å². The van der Waals surface area contributed by atoms with Gasteiger partial charge in [0.05, 0.1) is 12.8 Å². The molecular formula is C22H28N6O2S. The van der Waals surface area contributed by atoms with Crippen molar-refractivity contribution in [2.24, 2.45) is 0 Å². The van der Waals surface area contributed by atoms with E-state index in [-0.39, 0.29) is 5.91 Å². The van der Waals surface area contributed by atoms with Crippen molar-refractivity contribution in [3.63, 3.8) is 0 Å². The number of carbonyl (C=O) groups is 1. The summed E-state index contributed by atoms with van der Waals surface area (Å²) in [6.45, 7) is 7.03. The zero-order chi connectivity index (χ0) is 22.0. The van der Waals surface area contributed by atoms with Crippen molar-refractivity contribution in [1.29, 1.82) is 0 Å². The van der Waals surface area contributed by atoms with Gasteiger partial charge in [0.25, 0.3) is 5.78 Å². The third-order valence-electron chi connectivity index (χ3n) is 5.86. The highest BCUT2D eigenvalue weighted by Crippen LogP contribution is 2.28. The smallest absolute Gasteiger partial charge is 0.253 e. The third-order valence-corrected chi connectivity index (χ3v) is 6.40. The molecule has 1 aliphatic rings. The number of para-hydroxylation sites is 2. The van der Waals surface area contributed by atoms with Gasteiger partial charge in [-0.25, -0.2) is 9.50 Å². The summed E-state index contributed by atoms with van der Waals surface area (Å²) in [4.78, 5) is 26.2. The lowest BCUT2D eigenvalue weighted by Crippen LogP contribution is -2.49. The number of carbonyl (C=O) groups excluding carboxylic acids is 1. The number of hydrogen-bond acceptors (Lipinski definition) is 7. The van der Waals surface area contributed by atoms with Crippen molar-refractivity contribution in [2.45, 2.75) is 31.8 Å². The predicted molar refractivity (Wildman–Crippen MR) is 122 cm³/mol. The second-order valence-electron chi connectivity index (χ2n) is 7.61. The van der Waals surface area contributed by atoms with Gasteiger partial charge in [-0.2, -0.15) is 4.98 Å². The van der Waals surface area contributed by atoms with E-state index in [1.54, 1.807) is 11.6 Å². The Labute approximate surface area is 186 Å². The highest BCUT2D eigenvalue weighted by atomic mass is 32.2. The van der Waals surface area contributed by atoms with Gasteiger partial charge in [0, 0.05) is 44.0 Å². The maximum absolute atomic E-state index is 12.9. The van der Waals surface area contributed by atoms with E-state index >= 15 is 0 Å². The number of hydrogen-bond donors (Lipinski definition) is 0. The molecule has 0 N–H and O–H groups in total. The number of aryl methyl sites for hydroxylation is 2. The maximum atomic E-state index is 12.9. The Bertz CT molecular complexity index is 1090. The molecule has 1 aromatic carbocycles. The molecule has 164 valence electrons. The van der Waals surface area contributed by atoms with Crippen molar-refractivity contribution in [2.75, 3.05) is 44.4 Å². The van der Waals surface area contributed by atoms with E-state index in [0.717, 1.165) is 41.5 Å². The molecule has 1 aliphatic heterocycles. The molecule has 1 fully saturated rings. The van der Waals surface area contributed by atoms with E-state index < -0.39 is 0 Å². The fraction of sp³-hybridized carbons (Fsp3) is 0.455. The molecule has 9 heteroatoms. The molecule has 1 amide bonds. The van der Waals surface area contributed by atoms with Crippen LogP contribution in [0.3, 0.4) is 0 Å². The van der Waals surface area contributed by atoms with Crippen molar-refractivity contribution in [1.82, 2.24) is 24.5 Å². The molecule has 0 bridgehead atoms. The summed E-state index contributed by atoms with van der Waals surface area (Å²) in [6.07, 6.45) is 3.07. The van der Waals surface area contributed by atoms with Crippen LogP contribution in [0.25, 0.3) is 5.78 Å². The van der Waals surface area contributed by atoms with Crippen LogP contribution in [0.5, 0.6) is 5.75 Å². The molecule has 4 rings (SSSR count). The minimum atomic E-state index is 0.182. The van der Waals surface area contributed by atoms with E-state index in [1.165, 1.54) is 11.8 Å². The van der Waals surface area contributed by atoms with E-state index in [1.807, 2.05) is 43.2 Å². The summed E-state index contributed by atoms with van der Waals surface area (Å²) in [5.41, 5.74) is 4.08. The summed E-state index contributed by atoms with van der Waals surface area (Å²) in [5, 5.41) is 5.20. The van der Waals surface area contributed by atoms with Gasteiger partial charge < -0.3 is 14.5 Å². The van der Waals surface area contributed by atoms with Gasteiger partial charge in [-0.05, 0) is 44.2 Å². The fourth-order valence-electron chi connectivity index (χ4n) is 4.12. The van der Waals surface area contributed by atoms with E-state index in [0.29, 0.717) is 36.9 Å². The summed E-state index contributed by atoms with van der Waals surface area (Å²) < 4.78 is 7.26. The van der Waals surface area contributed by atoms with Gasteiger partial charge in [0.15, 0.2) is 0 Å². The molecule has 1 saturated heterocycles. The van der Waals surface area contributed by atoms with E-state index in [9.17, 15) is 4.79 Å². The topological polar surface area (TPSA) is 75.9 Å². The largest absolute Gasteiger partial charge is 0.495 e. The van der Waals surface area contributed by atoms with Crippen LogP contribution in [0.15, 0.2) is 29.4 Å². The second kappa shape index (κ2) is 9.13. The Balaban J connectivity index is 1.39. The molecule has 2 aromatic heterocycles. The molecule has 3 aromatic rings. The Kier molecular flexibility index (Phi) is 6.31. The quantitative estimate of drug-likeness (QED) is 0.546. The monoisotopic (exact) mass is 440 g/mol. The first-order valence-corrected chi connectivity index (χ1v) is 11.7. The van der Waals surface area contributed by atoms with Gasteiger partial charge in [0.2, 0.25) is 11.1 Å². The molecule has 0 spiro atoms. The average molecular weight is 441 g/mol. The van der Waals surface area contributed by atoms with E-state index in [4.69, 9.17) is 4.74 Å². The van der Waals surface area contributed by atoms with Crippen LogP contribution in [0.1, 0.15) is 23.4 Å². The van der Waals surface area contributed by atoms with Crippen molar-refractivity contribution in [3.05, 3.63) is 41.2 Å². The Morgan fingerprint density at radius 2 is 1.87 bits per heavy atom. The fourth-order valence-corrected chi connectivity index (χ4v) is 4.45. The minimum Gasteiger partial charge on any atom is -0.495 e. The van der Waals surface area contributed by atoms with Crippen LogP contribution >= 0.6 is 11.8 Å². The summed E-state index contributed by atoms with van der Waals surface area (Å²) in [6, 6.07) is 8.03. The number of fused-ring (bicyclic) bond motifs is 1. The van der Waals surface area contributed by atoms with Crippen molar-refractivity contribution < 1.29 is 9.53 Å². The van der Waals surface area contributed by atoms with Crippen molar-refractivity contribution in [3.8, 4) is 5.75 Å². The van der Waals surface area contributed by atoms with Gasteiger partial charge in [-0.3, -0.25) is 4.79 Å². The Morgan fingerprint density at radius 3 is 2.58 bits per heavy atom. The summed E-state index contributed by atoms with van der Waals surface area (Å²) in [7, 11) is 1.69. The number of aromatic nitrogens is 4. The minimum absolute atomic E-state index is 0.182. The zero-order valence-corrected chi connectivity index (χ0v) is 19.3. The SMILES string of the molecule is COc1ccccc1N1CCN(C(=O)CCc2c(C)nc3nc(SC)nn3c2C)CC1. The first kappa shape index (κ1) is 21.4. The Morgan fingerprint density at radius 1 is 1.13 bits per heavy atom. The lowest BCUT2D eigenvalue weighted by Gasteiger charge is -2.36. The number of nitrogens with zero attached hydrogens (tertiary/aromatic N) is 6. The van der Waals surface area contributed by atoms with Crippen LogP contribution in [0.4, 0.5) is 5.69 Å². The van der Waals surface area contributed by atoms with Crippen LogP contribution in [-0.2, 0) is 11.2 Å². The number of ether oxygens (including phenoxy) is 1. The second-order valence-corrected chi connectivity index (χ2v) is 8.38. The molecule has 0 saturated carbocycles. The van der Waals surface area contributed by atoms with Crippen molar-refractivity contribution >= 4 is 29.1 Å². The number of anilines is 1. The first-order chi connectivity index (χ1) is 15.0. The van der Waals surface area contributed by atoms with E-state index in [2.05, 4.69) is 26.0 Å². The highest BCUT2D eigenvalue weighted by Gasteiger charge is 2.23. The lowest BCUT2D eigenvalue weighted by atomic mass is 10.1. The van der Waals surface area contributed by atoms with Gasteiger partial charge in [-0.1, -0.05) is 23.9 Å². The zero-order valence-electron chi connectivity index (χ0n) is 18.5. The number of amides is 1. The normalized spacial score (nSPS) is 14.3. The van der Waals surface area contributed by atoms with Crippen LogP contribution in [0.2, 0.25) is 0 Å². The number of thioether (sulfide) groups is 1. The molecule has 3 heterocycles. The highest BCUT2D eigenvalue weighted by molar-refractivity contribution is 7.98. The van der Waals surface area contributed by atoms with Crippen LogP contribution in [0, 0.1) is 13.8 Å². The predicted octanol–water partition coefficient (Wildman–Crippen LogP) is 2.75. The van der Waals surface area contributed by atoms with Gasteiger partial charge in [-0.15, -0.1) is 5.10 Å².